The second kappa shape index (κ2) is 8.08. The van der Waals surface area contributed by atoms with Crippen molar-refractivity contribution in [3.05, 3.63) is 59.7 Å². The molecular formula is C15H18N4O2. The van der Waals surface area contributed by atoms with Crippen molar-refractivity contribution < 1.29 is 9.53 Å². The number of aryl methyl sites for hydroxylation is 1. The number of hydrazine groups is 1. The molecule has 1 amide bonds. The Morgan fingerprint density at radius 2 is 2.05 bits per heavy atom. The molecule has 2 aromatic heterocycles. The highest BCUT2D eigenvalue weighted by molar-refractivity contribution is 5.93. The summed E-state index contributed by atoms with van der Waals surface area (Å²) in [6, 6.07) is 7.43. The third-order valence-electron chi connectivity index (χ3n) is 2.97. The van der Waals surface area contributed by atoms with E-state index in [0.29, 0.717) is 18.8 Å². The minimum atomic E-state index is -0.354. The number of nitrogen functional groups attached to an aromatic ring is 1. The molecule has 0 spiro atoms. The van der Waals surface area contributed by atoms with Gasteiger partial charge in [-0.1, -0.05) is 0 Å². The minimum Gasteiger partial charge on any atom is -0.375 e. The van der Waals surface area contributed by atoms with Crippen LogP contribution in [0.2, 0.25) is 0 Å². The fraction of sp³-hybridized carbons (Fsp3) is 0.267. The van der Waals surface area contributed by atoms with Crippen LogP contribution in [0.4, 0.5) is 0 Å². The highest BCUT2D eigenvalue weighted by atomic mass is 16.5. The Hall–Kier alpha value is -2.31. The largest absolute Gasteiger partial charge is 0.375 e. The zero-order valence-corrected chi connectivity index (χ0v) is 11.7. The van der Waals surface area contributed by atoms with Crippen LogP contribution in [0.1, 0.15) is 28.0 Å². The SMILES string of the molecule is NNC(=O)c1ccc(COCCCc2ccncc2)nc1. The Labute approximate surface area is 123 Å². The van der Waals surface area contributed by atoms with Gasteiger partial charge in [-0.2, -0.15) is 0 Å². The number of amides is 1. The lowest BCUT2D eigenvalue weighted by Crippen LogP contribution is -2.30. The Bertz CT molecular complexity index is 558. The number of nitrogens with one attached hydrogen (secondary N) is 1. The molecule has 0 saturated carbocycles. The molecule has 0 aromatic carbocycles. The number of carbonyl (C=O) groups excluding carboxylic acids is 1. The Kier molecular flexibility index (Phi) is 5.81. The minimum absolute atomic E-state index is 0.354. The van der Waals surface area contributed by atoms with Crippen LogP contribution in [-0.4, -0.2) is 22.5 Å². The van der Waals surface area contributed by atoms with E-state index in [1.54, 1.807) is 24.5 Å². The number of pyridine rings is 2. The highest BCUT2D eigenvalue weighted by Gasteiger charge is 2.03. The normalized spacial score (nSPS) is 10.3. The van der Waals surface area contributed by atoms with Crippen LogP contribution in [0.15, 0.2) is 42.9 Å². The van der Waals surface area contributed by atoms with Gasteiger partial charge < -0.3 is 4.74 Å². The topological polar surface area (TPSA) is 90.1 Å². The highest BCUT2D eigenvalue weighted by Crippen LogP contribution is 2.04. The molecule has 2 heterocycles. The summed E-state index contributed by atoms with van der Waals surface area (Å²) in [7, 11) is 0. The molecule has 0 unspecified atom stereocenters. The zero-order chi connectivity index (χ0) is 14.9. The summed E-state index contributed by atoms with van der Waals surface area (Å²) in [6.07, 6.45) is 6.97. The van der Waals surface area contributed by atoms with Gasteiger partial charge in [0.1, 0.15) is 0 Å². The molecule has 0 atom stereocenters. The van der Waals surface area contributed by atoms with Crippen molar-refractivity contribution in [3.8, 4) is 0 Å². The van der Waals surface area contributed by atoms with Crippen LogP contribution in [0, 0.1) is 0 Å². The number of hydrogen-bond donors (Lipinski definition) is 2. The smallest absolute Gasteiger partial charge is 0.266 e. The second-order valence-electron chi connectivity index (χ2n) is 4.52. The predicted octanol–water partition coefficient (Wildman–Crippen LogP) is 1.23. The molecule has 110 valence electrons. The molecule has 6 heteroatoms. The average molecular weight is 286 g/mol. The molecule has 2 rings (SSSR count). The first-order chi connectivity index (χ1) is 10.3. The first kappa shape index (κ1) is 15.1. The van der Waals surface area contributed by atoms with E-state index in [-0.39, 0.29) is 5.91 Å². The van der Waals surface area contributed by atoms with Gasteiger partial charge in [-0.25, -0.2) is 5.84 Å². The van der Waals surface area contributed by atoms with Gasteiger partial charge in [0.2, 0.25) is 0 Å². The van der Waals surface area contributed by atoms with Crippen LogP contribution in [-0.2, 0) is 17.8 Å². The number of ether oxygens (including phenoxy) is 1. The average Bonchev–Trinajstić information content (AvgIpc) is 2.55. The molecule has 2 aromatic rings. The van der Waals surface area contributed by atoms with Gasteiger partial charge in [0.15, 0.2) is 0 Å². The van der Waals surface area contributed by atoms with E-state index in [9.17, 15) is 4.79 Å². The van der Waals surface area contributed by atoms with Crippen molar-refractivity contribution in [3.63, 3.8) is 0 Å². The van der Waals surface area contributed by atoms with Crippen molar-refractivity contribution in [2.45, 2.75) is 19.4 Å². The van der Waals surface area contributed by atoms with Gasteiger partial charge in [-0.05, 0) is 42.7 Å². The van der Waals surface area contributed by atoms with Crippen molar-refractivity contribution in [1.29, 1.82) is 0 Å². The molecule has 0 aliphatic carbocycles. The molecule has 0 saturated heterocycles. The van der Waals surface area contributed by atoms with Crippen LogP contribution in [0.3, 0.4) is 0 Å². The van der Waals surface area contributed by atoms with E-state index in [2.05, 4.69) is 15.4 Å². The van der Waals surface area contributed by atoms with Crippen molar-refractivity contribution in [2.75, 3.05) is 6.61 Å². The van der Waals surface area contributed by atoms with Crippen molar-refractivity contribution in [1.82, 2.24) is 15.4 Å². The standard InChI is InChI=1S/C15H18N4O2/c16-19-15(20)13-3-4-14(18-10-13)11-21-9-1-2-12-5-7-17-8-6-12/h3-8,10H,1-2,9,11,16H2,(H,19,20). The van der Waals surface area contributed by atoms with Gasteiger partial charge >= 0.3 is 0 Å². The van der Waals surface area contributed by atoms with Gasteiger partial charge in [0.05, 0.1) is 17.9 Å². The number of rotatable bonds is 7. The lowest BCUT2D eigenvalue weighted by atomic mass is 10.1. The quantitative estimate of drug-likeness (QED) is 0.346. The molecule has 0 radical (unpaired) electrons. The third kappa shape index (κ3) is 4.94. The molecule has 21 heavy (non-hydrogen) atoms. The molecular weight excluding hydrogens is 268 g/mol. The maximum Gasteiger partial charge on any atom is 0.266 e. The van der Waals surface area contributed by atoms with Gasteiger partial charge in [0, 0.05) is 25.2 Å². The molecule has 6 nitrogen and oxygen atoms in total. The third-order valence-corrected chi connectivity index (χ3v) is 2.97. The van der Waals surface area contributed by atoms with Gasteiger partial charge in [-0.3, -0.25) is 20.2 Å². The maximum atomic E-state index is 11.2. The molecule has 0 aliphatic rings. The summed E-state index contributed by atoms with van der Waals surface area (Å²) in [5, 5.41) is 0. The maximum absolute atomic E-state index is 11.2. The molecule has 3 N–H and O–H groups in total. The van der Waals surface area contributed by atoms with E-state index in [4.69, 9.17) is 10.6 Å². The Morgan fingerprint density at radius 1 is 1.24 bits per heavy atom. The number of nitrogens with zero attached hydrogens (tertiary/aromatic N) is 2. The van der Waals surface area contributed by atoms with Crippen LogP contribution in [0.25, 0.3) is 0 Å². The predicted molar refractivity (Wildman–Crippen MR) is 78.1 cm³/mol. The number of carbonyl (C=O) groups is 1. The fourth-order valence-electron chi connectivity index (χ4n) is 1.83. The van der Waals surface area contributed by atoms with E-state index in [1.807, 2.05) is 12.1 Å². The van der Waals surface area contributed by atoms with Crippen molar-refractivity contribution in [2.24, 2.45) is 5.84 Å². The summed E-state index contributed by atoms with van der Waals surface area (Å²) in [4.78, 5) is 19.4. The number of aromatic nitrogens is 2. The summed E-state index contributed by atoms with van der Waals surface area (Å²) >= 11 is 0. The molecule has 0 fully saturated rings. The summed E-state index contributed by atoms with van der Waals surface area (Å²) in [5.41, 5.74) is 4.53. The fourth-order valence-corrected chi connectivity index (χ4v) is 1.83. The summed E-state index contributed by atoms with van der Waals surface area (Å²) in [6.45, 7) is 1.09. The van der Waals surface area contributed by atoms with E-state index < -0.39 is 0 Å². The van der Waals surface area contributed by atoms with E-state index in [0.717, 1.165) is 18.5 Å². The van der Waals surface area contributed by atoms with Gasteiger partial charge in [0.25, 0.3) is 5.91 Å². The summed E-state index contributed by atoms with van der Waals surface area (Å²) in [5.74, 6) is 4.69. The van der Waals surface area contributed by atoms with Gasteiger partial charge in [-0.15, -0.1) is 0 Å². The number of hydrogen-bond acceptors (Lipinski definition) is 5. The first-order valence-corrected chi connectivity index (χ1v) is 6.72. The van der Waals surface area contributed by atoms with E-state index >= 15 is 0 Å². The summed E-state index contributed by atoms with van der Waals surface area (Å²) < 4.78 is 5.56. The lowest BCUT2D eigenvalue weighted by Gasteiger charge is -2.05. The van der Waals surface area contributed by atoms with Crippen LogP contribution >= 0.6 is 0 Å². The van der Waals surface area contributed by atoms with Crippen LogP contribution in [0.5, 0.6) is 0 Å². The Balaban J connectivity index is 1.68. The monoisotopic (exact) mass is 286 g/mol. The lowest BCUT2D eigenvalue weighted by molar-refractivity contribution is 0.0952. The second-order valence-corrected chi connectivity index (χ2v) is 4.52. The van der Waals surface area contributed by atoms with Crippen LogP contribution < -0.4 is 11.3 Å². The molecule has 0 aliphatic heterocycles. The van der Waals surface area contributed by atoms with Crippen molar-refractivity contribution >= 4 is 5.91 Å². The zero-order valence-electron chi connectivity index (χ0n) is 11.7. The number of nitrogens with two attached hydrogens (primary N) is 1. The van der Waals surface area contributed by atoms with E-state index in [1.165, 1.54) is 11.8 Å². The molecule has 0 bridgehead atoms. The Morgan fingerprint density at radius 3 is 2.71 bits per heavy atom. The first-order valence-electron chi connectivity index (χ1n) is 6.72.